The van der Waals surface area contributed by atoms with Gasteiger partial charge in [0.25, 0.3) is 0 Å². The van der Waals surface area contributed by atoms with E-state index in [0.29, 0.717) is 0 Å². The molecular weight excluding hydrogens is 188 g/mol. The quantitative estimate of drug-likeness (QED) is 0.774. The first kappa shape index (κ1) is 9.86. The molecule has 0 amide bonds. The molecule has 3 N–H and O–H groups in total. The van der Waals surface area contributed by atoms with Crippen LogP contribution in [-0.2, 0) is 0 Å². The molecular formula is C11H14N4. The predicted molar refractivity (Wildman–Crippen MR) is 58.3 cm³/mol. The van der Waals surface area contributed by atoms with Crippen molar-refractivity contribution in [2.75, 3.05) is 0 Å². The Labute approximate surface area is 88.5 Å². The normalized spacial score (nSPS) is 12.7. The fourth-order valence-electron chi connectivity index (χ4n) is 1.69. The number of hydrogen-bond donors (Lipinski definition) is 2. The Bertz CT molecular complexity index is 448. The molecule has 4 heteroatoms. The highest BCUT2D eigenvalue weighted by Crippen LogP contribution is 2.21. The molecule has 0 fully saturated rings. The van der Waals surface area contributed by atoms with Crippen molar-refractivity contribution in [2.24, 2.45) is 5.73 Å². The van der Waals surface area contributed by atoms with E-state index < -0.39 is 0 Å². The third-order valence-electron chi connectivity index (χ3n) is 2.51. The lowest BCUT2D eigenvalue weighted by molar-refractivity contribution is 0.803. The van der Waals surface area contributed by atoms with Crippen molar-refractivity contribution >= 4 is 0 Å². The summed E-state index contributed by atoms with van der Waals surface area (Å²) in [6, 6.07) is 6.02. The molecule has 4 nitrogen and oxygen atoms in total. The molecule has 15 heavy (non-hydrogen) atoms. The van der Waals surface area contributed by atoms with E-state index in [4.69, 9.17) is 5.73 Å². The van der Waals surface area contributed by atoms with Gasteiger partial charge in [0.1, 0.15) is 5.69 Å². The Morgan fingerprint density at radius 1 is 1.33 bits per heavy atom. The van der Waals surface area contributed by atoms with Gasteiger partial charge in [-0.25, -0.2) is 0 Å². The summed E-state index contributed by atoms with van der Waals surface area (Å²) in [6.07, 6.45) is 1.66. The van der Waals surface area contributed by atoms with Gasteiger partial charge in [-0.1, -0.05) is 23.8 Å². The summed E-state index contributed by atoms with van der Waals surface area (Å²) in [7, 11) is 0. The van der Waals surface area contributed by atoms with Crippen molar-refractivity contribution in [3.05, 3.63) is 46.8 Å². The number of hydrogen-bond acceptors (Lipinski definition) is 3. The molecule has 1 aromatic heterocycles. The zero-order valence-electron chi connectivity index (χ0n) is 8.86. The molecule has 78 valence electrons. The molecule has 0 aliphatic rings. The molecule has 0 radical (unpaired) electrons. The van der Waals surface area contributed by atoms with E-state index in [0.717, 1.165) is 11.3 Å². The number of aromatic amines is 1. The molecule has 0 bridgehead atoms. The standard InChI is InChI=1S/C11H14N4/c1-7-3-4-9(8(2)5-7)11(12)10-6-13-15-14-10/h3-6,11H,12H2,1-2H3,(H,13,14,15). The molecule has 0 spiro atoms. The molecule has 1 atom stereocenters. The Balaban J connectivity index is 2.38. The summed E-state index contributed by atoms with van der Waals surface area (Å²) in [5, 5.41) is 10.3. The third-order valence-corrected chi connectivity index (χ3v) is 2.51. The minimum Gasteiger partial charge on any atom is -0.319 e. The molecule has 1 aromatic carbocycles. The Morgan fingerprint density at radius 3 is 2.73 bits per heavy atom. The minimum absolute atomic E-state index is 0.204. The van der Waals surface area contributed by atoms with Gasteiger partial charge in [-0.15, -0.1) is 0 Å². The lowest BCUT2D eigenvalue weighted by atomic mass is 9.98. The average Bonchev–Trinajstić information content (AvgIpc) is 2.69. The van der Waals surface area contributed by atoms with Crippen molar-refractivity contribution < 1.29 is 0 Å². The van der Waals surface area contributed by atoms with Crippen molar-refractivity contribution in [2.45, 2.75) is 19.9 Å². The van der Waals surface area contributed by atoms with Crippen molar-refractivity contribution in [1.82, 2.24) is 15.4 Å². The Hall–Kier alpha value is -1.68. The second-order valence-electron chi connectivity index (χ2n) is 3.73. The first-order valence-corrected chi connectivity index (χ1v) is 4.87. The first-order chi connectivity index (χ1) is 7.18. The van der Waals surface area contributed by atoms with Crippen molar-refractivity contribution in [1.29, 1.82) is 0 Å². The van der Waals surface area contributed by atoms with E-state index in [2.05, 4.69) is 41.4 Å². The van der Waals surface area contributed by atoms with Gasteiger partial charge >= 0.3 is 0 Å². The van der Waals surface area contributed by atoms with Crippen LogP contribution in [0.3, 0.4) is 0 Å². The van der Waals surface area contributed by atoms with Crippen molar-refractivity contribution in [3.8, 4) is 0 Å². The number of nitrogens with one attached hydrogen (secondary N) is 1. The molecule has 1 heterocycles. The Morgan fingerprint density at radius 2 is 2.13 bits per heavy atom. The number of aryl methyl sites for hydroxylation is 2. The molecule has 0 saturated heterocycles. The molecule has 2 rings (SSSR count). The monoisotopic (exact) mass is 202 g/mol. The third kappa shape index (κ3) is 1.89. The van der Waals surface area contributed by atoms with E-state index in [-0.39, 0.29) is 6.04 Å². The maximum absolute atomic E-state index is 6.09. The average molecular weight is 202 g/mol. The summed E-state index contributed by atoms with van der Waals surface area (Å²) in [6.45, 7) is 4.13. The van der Waals surface area contributed by atoms with E-state index >= 15 is 0 Å². The second kappa shape index (κ2) is 3.82. The lowest BCUT2D eigenvalue weighted by Crippen LogP contribution is -2.13. The van der Waals surface area contributed by atoms with Gasteiger partial charge in [0.05, 0.1) is 12.2 Å². The van der Waals surface area contributed by atoms with Crippen LogP contribution in [0.2, 0.25) is 0 Å². The van der Waals surface area contributed by atoms with Gasteiger partial charge in [-0.05, 0) is 25.0 Å². The second-order valence-corrected chi connectivity index (χ2v) is 3.73. The molecule has 2 aromatic rings. The fraction of sp³-hybridized carbons (Fsp3) is 0.273. The zero-order valence-corrected chi connectivity index (χ0v) is 8.86. The first-order valence-electron chi connectivity index (χ1n) is 4.87. The SMILES string of the molecule is Cc1ccc(C(N)c2cn[nH]n2)c(C)c1. The molecule has 0 saturated carbocycles. The largest absolute Gasteiger partial charge is 0.319 e. The molecule has 1 unspecified atom stereocenters. The maximum atomic E-state index is 6.09. The van der Waals surface area contributed by atoms with Crippen LogP contribution in [0, 0.1) is 13.8 Å². The van der Waals surface area contributed by atoms with Crippen LogP contribution < -0.4 is 5.73 Å². The van der Waals surface area contributed by atoms with Crippen LogP contribution in [-0.4, -0.2) is 15.4 Å². The zero-order chi connectivity index (χ0) is 10.8. The highest BCUT2D eigenvalue weighted by Gasteiger charge is 2.13. The number of H-pyrrole nitrogens is 1. The van der Waals surface area contributed by atoms with Gasteiger partial charge in [-0.3, -0.25) is 0 Å². The van der Waals surface area contributed by atoms with E-state index in [1.54, 1.807) is 6.20 Å². The highest BCUT2D eigenvalue weighted by molar-refractivity contribution is 5.35. The maximum Gasteiger partial charge on any atom is 0.104 e. The molecule has 0 aliphatic carbocycles. The van der Waals surface area contributed by atoms with Gasteiger partial charge in [-0.2, -0.15) is 15.4 Å². The van der Waals surface area contributed by atoms with Crippen LogP contribution >= 0.6 is 0 Å². The Kier molecular flexibility index (Phi) is 2.51. The number of benzene rings is 1. The molecule has 0 aliphatic heterocycles. The number of nitrogens with zero attached hydrogens (tertiary/aromatic N) is 2. The smallest absolute Gasteiger partial charge is 0.104 e. The van der Waals surface area contributed by atoms with Crippen LogP contribution in [0.25, 0.3) is 0 Å². The summed E-state index contributed by atoms with van der Waals surface area (Å²) < 4.78 is 0. The summed E-state index contributed by atoms with van der Waals surface area (Å²) in [5.74, 6) is 0. The predicted octanol–water partition coefficient (Wildman–Crippen LogP) is 1.47. The van der Waals surface area contributed by atoms with E-state index in [9.17, 15) is 0 Å². The van der Waals surface area contributed by atoms with Crippen LogP contribution in [0.1, 0.15) is 28.4 Å². The summed E-state index contributed by atoms with van der Waals surface area (Å²) >= 11 is 0. The summed E-state index contributed by atoms with van der Waals surface area (Å²) in [4.78, 5) is 0. The minimum atomic E-state index is -0.204. The highest BCUT2D eigenvalue weighted by atomic mass is 15.3. The van der Waals surface area contributed by atoms with Crippen LogP contribution in [0.5, 0.6) is 0 Å². The van der Waals surface area contributed by atoms with Crippen molar-refractivity contribution in [3.63, 3.8) is 0 Å². The number of aromatic nitrogens is 3. The van der Waals surface area contributed by atoms with Crippen LogP contribution in [0.15, 0.2) is 24.4 Å². The van der Waals surface area contributed by atoms with E-state index in [1.165, 1.54) is 11.1 Å². The fourth-order valence-corrected chi connectivity index (χ4v) is 1.69. The number of nitrogens with two attached hydrogens (primary N) is 1. The number of rotatable bonds is 2. The van der Waals surface area contributed by atoms with Gasteiger partial charge in [0.2, 0.25) is 0 Å². The lowest BCUT2D eigenvalue weighted by Gasteiger charge is -2.12. The van der Waals surface area contributed by atoms with Gasteiger partial charge in [0.15, 0.2) is 0 Å². The van der Waals surface area contributed by atoms with Gasteiger partial charge < -0.3 is 5.73 Å². The summed E-state index contributed by atoms with van der Waals surface area (Å²) in [5.41, 5.74) is 10.4. The topological polar surface area (TPSA) is 67.6 Å². The van der Waals surface area contributed by atoms with Gasteiger partial charge in [0, 0.05) is 0 Å². The van der Waals surface area contributed by atoms with Crippen LogP contribution in [0.4, 0.5) is 0 Å². The van der Waals surface area contributed by atoms with E-state index in [1.807, 2.05) is 6.07 Å².